The first-order chi connectivity index (χ1) is 7.84. The highest BCUT2D eigenvalue weighted by Gasteiger charge is 2.20. The number of rotatable bonds is 4. The van der Waals surface area contributed by atoms with E-state index < -0.39 is 11.9 Å². The Balaban J connectivity index is 3.05. The number of carboxylic acid groups (broad SMARTS) is 1. The molecule has 0 aliphatic carbocycles. The van der Waals surface area contributed by atoms with Gasteiger partial charge in [0.25, 0.3) is 0 Å². The van der Waals surface area contributed by atoms with Gasteiger partial charge in [-0.25, -0.2) is 0 Å². The number of carbonyl (C=O) groups excluding carboxylic acids is 1. The summed E-state index contributed by atoms with van der Waals surface area (Å²) in [5, 5.41) is 8.70. The monoisotopic (exact) mass is 234 g/mol. The quantitative estimate of drug-likeness (QED) is 0.815. The average Bonchev–Trinajstić information content (AvgIpc) is 2.24. The van der Waals surface area contributed by atoms with E-state index in [1.165, 1.54) is 0 Å². The van der Waals surface area contributed by atoms with Gasteiger partial charge in [-0.2, -0.15) is 0 Å². The van der Waals surface area contributed by atoms with Crippen molar-refractivity contribution in [3.8, 4) is 0 Å². The largest absolute Gasteiger partial charge is 0.481 e. The summed E-state index contributed by atoms with van der Waals surface area (Å²) in [5.74, 6) is -1.51. The molecule has 1 atom stereocenters. The van der Waals surface area contributed by atoms with E-state index in [9.17, 15) is 9.59 Å². The topological polar surface area (TPSA) is 54.4 Å². The number of ketones is 1. The third kappa shape index (κ3) is 2.93. The first kappa shape index (κ1) is 13.4. The van der Waals surface area contributed by atoms with E-state index in [2.05, 4.69) is 0 Å². The van der Waals surface area contributed by atoms with Crippen LogP contribution in [-0.4, -0.2) is 16.9 Å². The number of carbonyl (C=O) groups is 2. The number of hydrogen-bond donors (Lipinski definition) is 1. The Labute approximate surface area is 101 Å². The van der Waals surface area contributed by atoms with Gasteiger partial charge in [-0.05, 0) is 37.5 Å². The molecule has 1 N–H and O–H groups in total. The first-order valence-corrected chi connectivity index (χ1v) is 5.67. The molecule has 1 aromatic carbocycles. The molecule has 0 spiro atoms. The second-order valence-electron chi connectivity index (χ2n) is 4.54. The Bertz CT molecular complexity index is 461. The molecule has 0 radical (unpaired) electrons. The van der Waals surface area contributed by atoms with Gasteiger partial charge in [-0.1, -0.05) is 19.1 Å². The molecule has 0 amide bonds. The number of benzene rings is 1. The summed E-state index contributed by atoms with van der Waals surface area (Å²) < 4.78 is 0. The Morgan fingerprint density at radius 3 is 2.29 bits per heavy atom. The lowest BCUT2D eigenvalue weighted by atomic mass is 9.90. The van der Waals surface area contributed by atoms with E-state index in [1.807, 2.05) is 26.8 Å². The summed E-state index contributed by atoms with van der Waals surface area (Å²) >= 11 is 0. The van der Waals surface area contributed by atoms with Gasteiger partial charge in [0.1, 0.15) is 0 Å². The van der Waals surface area contributed by atoms with Crippen molar-refractivity contribution in [3.05, 3.63) is 34.4 Å². The molecule has 3 nitrogen and oxygen atoms in total. The van der Waals surface area contributed by atoms with Crippen LogP contribution >= 0.6 is 0 Å². The van der Waals surface area contributed by atoms with Gasteiger partial charge < -0.3 is 5.11 Å². The predicted octanol–water partition coefficient (Wildman–Crippen LogP) is 2.91. The summed E-state index contributed by atoms with van der Waals surface area (Å²) in [6.45, 7) is 7.54. The maximum absolute atomic E-state index is 12.1. The van der Waals surface area contributed by atoms with Crippen LogP contribution in [0.2, 0.25) is 0 Å². The van der Waals surface area contributed by atoms with Crippen molar-refractivity contribution in [1.82, 2.24) is 0 Å². The van der Waals surface area contributed by atoms with E-state index in [0.717, 1.165) is 16.7 Å². The third-order valence-corrected chi connectivity index (χ3v) is 3.25. The maximum atomic E-state index is 12.1. The van der Waals surface area contributed by atoms with E-state index in [4.69, 9.17) is 5.11 Å². The van der Waals surface area contributed by atoms with E-state index >= 15 is 0 Å². The summed E-state index contributed by atoms with van der Waals surface area (Å²) in [6, 6.07) is 3.70. The lowest BCUT2D eigenvalue weighted by Gasteiger charge is -2.13. The lowest BCUT2D eigenvalue weighted by Crippen LogP contribution is -2.17. The molecule has 0 saturated heterocycles. The van der Waals surface area contributed by atoms with Crippen LogP contribution in [0.25, 0.3) is 0 Å². The van der Waals surface area contributed by atoms with Crippen molar-refractivity contribution in [2.45, 2.75) is 34.1 Å². The number of aliphatic carboxylic acids is 1. The molecule has 0 bridgehead atoms. The van der Waals surface area contributed by atoms with Crippen LogP contribution in [0.1, 0.15) is 40.4 Å². The van der Waals surface area contributed by atoms with E-state index in [0.29, 0.717) is 5.56 Å². The van der Waals surface area contributed by atoms with Crippen molar-refractivity contribution in [1.29, 1.82) is 0 Å². The molecule has 1 aromatic rings. The molecule has 1 unspecified atom stereocenters. The normalized spacial score (nSPS) is 12.2. The van der Waals surface area contributed by atoms with Gasteiger partial charge in [-0.3, -0.25) is 9.59 Å². The minimum Gasteiger partial charge on any atom is -0.481 e. The smallest absolute Gasteiger partial charge is 0.304 e. The van der Waals surface area contributed by atoms with Gasteiger partial charge in [0.2, 0.25) is 0 Å². The van der Waals surface area contributed by atoms with Crippen molar-refractivity contribution in [2.75, 3.05) is 0 Å². The van der Waals surface area contributed by atoms with Crippen molar-refractivity contribution in [3.63, 3.8) is 0 Å². The lowest BCUT2D eigenvalue weighted by molar-refractivity contribution is -0.137. The molecular formula is C14H18O3. The summed E-state index contributed by atoms with van der Waals surface area (Å²) in [5.41, 5.74) is 3.83. The van der Waals surface area contributed by atoms with Crippen LogP contribution in [0.4, 0.5) is 0 Å². The SMILES string of the molecule is Cc1ccc(C(=O)C(C)CC(=O)O)c(C)c1C. The Kier molecular flexibility index (Phi) is 4.05. The van der Waals surface area contributed by atoms with Crippen molar-refractivity contribution >= 4 is 11.8 Å². The Morgan fingerprint density at radius 1 is 1.18 bits per heavy atom. The number of carboxylic acids is 1. The molecule has 0 aliphatic rings. The second-order valence-corrected chi connectivity index (χ2v) is 4.54. The first-order valence-electron chi connectivity index (χ1n) is 5.67. The van der Waals surface area contributed by atoms with Crippen molar-refractivity contribution < 1.29 is 14.7 Å². The van der Waals surface area contributed by atoms with Gasteiger partial charge in [0, 0.05) is 11.5 Å². The fourth-order valence-corrected chi connectivity index (χ4v) is 1.84. The minimum atomic E-state index is -0.938. The van der Waals surface area contributed by atoms with Crippen LogP contribution < -0.4 is 0 Å². The summed E-state index contributed by atoms with van der Waals surface area (Å²) in [7, 11) is 0. The van der Waals surface area contributed by atoms with Gasteiger partial charge >= 0.3 is 5.97 Å². The van der Waals surface area contributed by atoms with Gasteiger partial charge in [-0.15, -0.1) is 0 Å². The van der Waals surface area contributed by atoms with Crippen LogP contribution in [-0.2, 0) is 4.79 Å². The van der Waals surface area contributed by atoms with Crippen LogP contribution in [0, 0.1) is 26.7 Å². The third-order valence-electron chi connectivity index (χ3n) is 3.25. The van der Waals surface area contributed by atoms with Crippen LogP contribution in [0.3, 0.4) is 0 Å². The Hall–Kier alpha value is -1.64. The zero-order valence-electron chi connectivity index (χ0n) is 10.7. The highest BCUT2D eigenvalue weighted by atomic mass is 16.4. The van der Waals surface area contributed by atoms with Crippen LogP contribution in [0.15, 0.2) is 12.1 Å². The molecule has 0 saturated carbocycles. The standard InChI is InChI=1S/C14H18O3/c1-8-5-6-12(11(4)10(8)3)14(17)9(2)7-13(15)16/h5-6,9H,7H2,1-4H3,(H,15,16). The minimum absolute atomic E-state index is 0.0898. The molecule has 3 heteroatoms. The molecule has 0 aromatic heterocycles. The molecular weight excluding hydrogens is 216 g/mol. The van der Waals surface area contributed by atoms with Crippen LogP contribution in [0.5, 0.6) is 0 Å². The van der Waals surface area contributed by atoms with E-state index in [1.54, 1.807) is 13.0 Å². The summed E-state index contributed by atoms with van der Waals surface area (Å²) in [4.78, 5) is 22.7. The summed E-state index contributed by atoms with van der Waals surface area (Å²) in [6.07, 6.45) is -0.120. The fraction of sp³-hybridized carbons (Fsp3) is 0.429. The number of hydrogen-bond acceptors (Lipinski definition) is 2. The van der Waals surface area contributed by atoms with Gasteiger partial charge in [0.15, 0.2) is 5.78 Å². The number of aryl methyl sites for hydroxylation is 1. The number of Topliss-reactive ketones (excluding diaryl/α,β-unsaturated/α-hetero) is 1. The molecule has 0 aliphatic heterocycles. The fourth-order valence-electron chi connectivity index (χ4n) is 1.84. The predicted molar refractivity (Wildman–Crippen MR) is 66.4 cm³/mol. The molecule has 0 heterocycles. The second kappa shape index (κ2) is 5.13. The molecule has 0 fully saturated rings. The maximum Gasteiger partial charge on any atom is 0.304 e. The Morgan fingerprint density at radius 2 is 1.76 bits per heavy atom. The average molecular weight is 234 g/mol. The molecule has 1 rings (SSSR count). The zero-order valence-corrected chi connectivity index (χ0v) is 10.7. The zero-order chi connectivity index (χ0) is 13.2. The van der Waals surface area contributed by atoms with E-state index in [-0.39, 0.29) is 12.2 Å². The molecule has 92 valence electrons. The van der Waals surface area contributed by atoms with Crippen molar-refractivity contribution in [2.24, 2.45) is 5.92 Å². The van der Waals surface area contributed by atoms with Gasteiger partial charge in [0.05, 0.1) is 6.42 Å². The highest BCUT2D eigenvalue weighted by Crippen LogP contribution is 2.21. The highest BCUT2D eigenvalue weighted by molar-refractivity contribution is 6.00. The molecule has 17 heavy (non-hydrogen) atoms.